The van der Waals surface area contributed by atoms with Crippen LogP contribution in [0.15, 0.2) is 0 Å². The number of rotatable bonds is 10. The molecule has 0 aliphatic heterocycles. The van der Waals surface area contributed by atoms with Gasteiger partial charge in [0.05, 0.1) is 0 Å². The largest absolute Gasteiger partial charge is 0.351 e. The fourth-order valence-corrected chi connectivity index (χ4v) is 1.11. The maximum atomic E-state index is 5.40. The molecule has 0 aliphatic carbocycles. The van der Waals surface area contributed by atoms with E-state index in [1.807, 2.05) is 27.7 Å². The van der Waals surface area contributed by atoms with E-state index in [0.29, 0.717) is 0 Å². The van der Waals surface area contributed by atoms with Crippen LogP contribution in [0.5, 0.6) is 0 Å². The maximum absolute atomic E-state index is 5.40. The summed E-state index contributed by atoms with van der Waals surface area (Å²) in [5, 5.41) is 0. The molecule has 0 fully saturated rings. The van der Waals surface area contributed by atoms with Gasteiger partial charge in [-0.05, 0) is 27.7 Å². The van der Waals surface area contributed by atoms with Crippen molar-refractivity contribution in [2.45, 2.75) is 72.8 Å². The highest BCUT2D eigenvalue weighted by Crippen LogP contribution is 2.28. The Kier molecular flexibility index (Phi) is 7.76. The van der Waals surface area contributed by atoms with Gasteiger partial charge in [-0.2, -0.15) is 19.6 Å². The molecule has 0 spiro atoms. The molecular weight excluding hydrogens is 276 g/mol. The molecule has 0 radical (unpaired) electrons. The summed E-state index contributed by atoms with van der Waals surface area (Å²) in [4.78, 5) is 21.5. The molecule has 0 aromatic heterocycles. The summed E-state index contributed by atoms with van der Waals surface area (Å²) in [6, 6.07) is 0. The first kappa shape index (κ1) is 20.8. The van der Waals surface area contributed by atoms with Gasteiger partial charge >= 0.3 is 0 Å². The second-order valence-electron chi connectivity index (χ2n) is 6.48. The van der Waals surface area contributed by atoms with Crippen LogP contribution >= 0.6 is 0 Å². The first-order valence-corrected chi connectivity index (χ1v) is 7.26. The maximum Gasteiger partial charge on any atom is 0.228 e. The van der Waals surface area contributed by atoms with Crippen molar-refractivity contribution in [3.05, 3.63) is 0 Å². The molecule has 0 rings (SSSR count). The number of hydrogen-bond donors (Lipinski definition) is 0. The third kappa shape index (κ3) is 6.18. The van der Waals surface area contributed by atoms with Crippen molar-refractivity contribution in [2.75, 3.05) is 14.2 Å². The van der Waals surface area contributed by atoms with Crippen molar-refractivity contribution in [3.8, 4) is 0 Å². The van der Waals surface area contributed by atoms with Gasteiger partial charge < -0.3 is 9.47 Å². The molecule has 128 valence electrons. The number of hydrogen-bond acceptors (Lipinski definition) is 6. The average molecular weight is 308 g/mol. The Balaban J connectivity index is 4.57. The van der Waals surface area contributed by atoms with Crippen molar-refractivity contribution < 1.29 is 29.0 Å². The lowest BCUT2D eigenvalue weighted by atomic mass is 10.1. The van der Waals surface area contributed by atoms with Gasteiger partial charge in [-0.15, -0.1) is 0 Å². The minimum absolute atomic E-state index is 0.0964. The van der Waals surface area contributed by atoms with E-state index in [0.717, 1.165) is 0 Å². The van der Waals surface area contributed by atoms with Crippen molar-refractivity contribution >= 4 is 0 Å². The van der Waals surface area contributed by atoms with Crippen molar-refractivity contribution in [3.63, 3.8) is 0 Å². The van der Waals surface area contributed by atoms with Crippen molar-refractivity contribution in [2.24, 2.45) is 11.8 Å². The predicted octanol–water partition coefficient (Wildman–Crippen LogP) is 3.66. The summed E-state index contributed by atoms with van der Waals surface area (Å²) >= 11 is 0. The van der Waals surface area contributed by atoms with E-state index in [1.165, 1.54) is 0 Å². The Morgan fingerprint density at radius 1 is 0.571 bits per heavy atom. The Morgan fingerprint density at radius 2 is 0.857 bits per heavy atom. The Labute approximate surface area is 128 Å². The monoisotopic (exact) mass is 308 g/mol. The van der Waals surface area contributed by atoms with Gasteiger partial charge in [-0.1, -0.05) is 27.7 Å². The van der Waals surface area contributed by atoms with E-state index < -0.39 is 17.4 Å². The molecule has 0 saturated heterocycles. The topological polar surface area (TPSA) is 55.4 Å². The Hall–Kier alpha value is -0.240. The van der Waals surface area contributed by atoms with Crippen LogP contribution in [-0.2, 0) is 29.0 Å². The summed E-state index contributed by atoms with van der Waals surface area (Å²) in [6.07, 6.45) is 0. The molecular formula is C15H32O6. The Bertz CT molecular complexity index is 277. The fourth-order valence-electron chi connectivity index (χ4n) is 1.11. The lowest BCUT2D eigenvalue weighted by Crippen LogP contribution is -2.44. The molecule has 0 amide bonds. The van der Waals surface area contributed by atoms with Crippen LogP contribution in [0, 0.1) is 11.8 Å². The number of methoxy groups -OCH3 is 2. The normalized spacial score (nSPS) is 18.9. The van der Waals surface area contributed by atoms with E-state index >= 15 is 0 Å². The van der Waals surface area contributed by atoms with Gasteiger partial charge in [0.2, 0.25) is 17.4 Å². The molecule has 2 unspecified atom stereocenters. The standard InChI is InChI=1S/C15H32O6/c1-11(2)14(7,16-9)20-18-13(5,6)19-21-15(8,17-10)12(3)4/h11-12H,1-10H3. The first-order chi connectivity index (χ1) is 9.42. The van der Waals surface area contributed by atoms with Crippen molar-refractivity contribution in [1.82, 2.24) is 0 Å². The number of ether oxygens (including phenoxy) is 2. The SMILES string of the molecule is COC(C)(OOC(C)(C)OOC(C)(OC)C(C)C)C(C)C. The summed E-state index contributed by atoms with van der Waals surface area (Å²) in [6.45, 7) is 14.8. The second kappa shape index (κ2) is 7.85. The zero-order chi connectivity index (χ0) is 16.9. The minimum Gasteiger partial charge on any atom is -0.351 e. The predicted molar refractivity (Wildman–Crippen MR) is 78.9 cm³/mol. The lowest BCUT2D eigenvalue weighted by Gasteiger charge is -2.36. The highest BCUT2D eigenvalue weighted by molar-refractivity contribution is 4.66. The molecule has 0 heterocycles. The van der Waals surface area contributed by atoms with Crippen LogP contribution in [0.25, 0.3) is 0 Å². The minimum atomic E-state index is -1.12. The third-order valence-electron chi connectivity index (χ3n) is 3.72. The molecule has 0 N–H and O–H groups in total. The van der Waals surface area contributed by atoms with Crippen LogP contribution in [-0.4, -0.2) is 31.6 Å². The van der Waals surface area contributed by atoms with Gasteiger partial charge in [-0.25, -0.2) is 0 Å². The average Bonchev–Trinajstić information content (AvgIpc) is 2.41. The molecule has 0 aromatic carbocycles. The summed E-state index contributed by atoms with van der Waals surface area (Å²) in [5.74, 6) is -2.67. The van der Waals surface area contributed by atoms with Gasteiger partial charge in [0.25, 0.3) is 0 Å². The molecule has 21 heavy (non-hydrogen) atoms. The summed E-state index contributed by atoms with van der Waals surface area (Å²) in [5.41, 5.74) is 0. The van der Waals surface area contributed by atoms with Gasteiger partial charge in [0.15, 0.2) is 0 Å². The highest BCUT2D eigenvalue weighted by Gasteiger charge is 2.37. The van der Waals surface area contributed by atoms with Crippen LogP contribution in [0.4, 0.5) is 0 Å². The third-order valence-corrected chi connectivity index (χ3v) is 3.72. The quantitative estimate of drug-likeness (QED) is 0.349. The van der Waals surface area contributed by atoms with Crippen molar-refractivity contribution in [1.29, 1.82) is 0 Å². The zero-order valence-corrected chi connectivity index (χ0v) is 15.1. The van der Waals surface area contributed by atoms with E-state index in [2.05, 4.69) is 0 Å². The fraction of sp³-hybridized carbons (Fsp3) is 1.00. The second-order valence-corrected chi connectivity index (χ2v) is 6.48. The van der Waals surface area contributed by atoms with Gasteiger partial charge in [-0.3, -0.25) is 0 Å². The van der Waals surface area contributed by atoms with E-state index in [9.17, 15) is 0 Å². The lowest BCUT2D eigenvalue weighted by molar-refractivity contribution is -0.571. The molecule has 6 nitrogen and oxygen atoms in total. The van der Waals surface area contributed by atoms with Gasteiger partial charge in [0.1, 0.15) is 0 Å². The van der Waals surface area contributed by atoms with E-state index in [4.69, 9.17) is 29.0 Å². The molecule has 0 aliphatic rings. The molecule has 0 bridgehead atoms. The summed E-state index contributed by atoms with van der Waals surface area (Å²) in [7, 11) is 3.13. The summed E-state index contributed by atoms with van der Waals surface area (Å²) < 4.78 is 10.7. The molecule has 2 atom stereocenters. The van der Waals surface area contributed by atoms with Crippen LogP contribution in [0.3, 0.4) is 0 Å². The van der Waals surface area contributed by atoms with Crippen LogP contribution in [0.1, 0.15) is 55.4 Å². The zero-order valence-electron chi connectivity index (χ0n) is 15.1. The molecule has 6 heteroatoms. The Morgan fingerprint density at radius 3 is 1.05 bits per heavy atom. The van der Waals surface area contributed by atoms with Gasteiger partial charge in [0, 0.05) is 26.1 Å². The van der Waals surface area contributed by atoms with Crippen LogP contribution < -0.4 is 0 Å². The highest BCUT2D eigenvalue weighted by atomic mass is 17.3. The molecule has 0 saturated carbocycles. The molecule has 0 aromatic rings. The first-order valence-electron chi connectivity index (χ1n) is 7.26. The van der Waals surface area contributed by atoms with Crippen LogP contribution in [0.2, 0.25) is 0 Å². The smallest absolute Gasteiger partial charge is 0.228 e. The van der Waals surface area contributed by atoms with E-state index in [-0.39, 0.29) is 11.8 Å². The van der Waals surface area contributed by atoms with E-state index in [1.54, 1.807) is 41.9 Å².